The minimum absolute atomic E-state index is 0.0420. The second-order valence-electron chi connectivity index (χ2n) is 5.99. The number of carbonyl (C=O) groups is 2. The van der Waals surface area contributed by atoms with Gasteiger partial charge in [0.1, 0.15) is 5.82 Å². The topological polar surface area (TPSA) is 55.4 Å². The molecule has 5 heteroatoms. The molecule has 0 aliphatic heterocycles. The first kappa shape index (κ1) is 18.6. The average molecular weight is 343 g/mol. The summed E-state index contributed by atoms with van der Waals surface area (Å²) in [5.41, 5.74) is 1.41. The summed E-state index contributed by atoms with van der Waals surface area (Å²) in [6, 6.07) is 15.0. The molecule has 0 saturated heterocycles. The van der Waals surface area contributed by atoms with Crippen molar-refractivity contribution in [2.75, 3.05) is 0 Å². The summed E-state index contributed by atoms with van der Waals surface area (Å²) in [6.07, 6.45) is 0.720. The molecule has 0 saturated carbocycles. The number of esters is 1. The van der Waals surface area contributed by atoms with Gasteiger partial charge in [-0.05, 0) is 56.5 Å². The number of hydrogen-bond donors (Lipinski definition) is 1. The number of halogens is 1. The lowest BCUT2D eigenvalue weighted by Gasteiger charge is -2.18. The average Bonchev–Trinajstić information content (AvgIpc) is 2.61. The highest BCUT2D eigenvalue weighted by atomic mass is 19.1. The van der Waals surface area contributed by atoms with E-state index in [9.17, 15) is 14.0 Å². The van der Waals surface area contributed by atoms with Gasteiger partial charge in [-0.2, -0.15) is 0 Å². The Morgan fingerprint density at radius 2 is 1.68 bits per heavy atom. The van der Waals surface area contributed by atoms with E-state index in [-0.39, 0.29) is 17.5 Å². The van der Waals surface area contributed by atoms with Crippen LogP contribution in [0, 0.1) is 5.82 Å². The molecule has 0 spiro atoms. The first-order valence-corrected chi connectivity index (χ1v) is 8.26. The normalized spacial score (nSPS) is 12.9. The number of aryl methyl sites for hydroxylation is 1. The lowest BCUT2D eigenvalue weighted by Crippen LogP contribution is -2.41. The second kappa shape index (κ2) is 8.97. The van der Waals surface area contributed by atoms with E-state index in [1.807, 2.05) is 37.3 Å². The molecule has 2 aromatic carbocycles. The minimum atomic E-state index is -0.920. The summed E-state index contributed by atoms with van der Waals surface area (Å²) in [4.78, 5) is 24.1. The lowest BCUT2D eigenvalue weighted by molar-refractivity contribution is -0.129. The van der Waals surface area contributed by atoms with Gasteiger partial charge < -0.3 is 10.1 Å². The van der Waals surface area contributed by atoms with E-state index >= 15 is 0 Å². The molecule has 0 aliphatic carbocycles. The summed E-state index contributed by atoms with van der Waals surface area (Å²) < 4.78 is 18.0. The Labute approximate surface area is 147 Å². The van der Waals surface area contributed by atoms with Crippen LogP contribution in [0.3, 0.4) is 0 Å². The summed E-state index contributed by atoms with van der Waals surface area (Å²) in [6.45, 7) is 3.43. The van der Waals surface area contributed by atoms with Gasteiger partial charge >= 0.3 is 5.97 Å². The summed E-state index contributed by atoms with van der Waals surface area (Å²) in [5.74, 6) is -1.44. The van der Waals surface area contributed by atoms with Gasteiger partial charge in [0, 0.05) is 6.04 Å². The van der Waals surface area contributed by atoms with Crippen molar-refractivity contribution in [1.29, 1.82) is 0 Å². The van der Waals surface area contributed by atoms with Crippen molar-refractivity contribution in [2.45, 2.75) is 38.8 Å². The summed E-state index contributed by atoms with van der Waals surface area (Å²) in [5, 5.41) is 2.84. The Morgan fingerprint density at radius 1 is 1.04 bits per heavy atom. The van der Waals surface area contributed by atoms with Crippen molar-refractivity contribution in [3.8, 4) is 0 Å². The zero-order valence-electron chi connectivity index (χ0n) is 14.4. The predicted octanol–water partition coefficient (Wildman–Crippen LogP) is 3.51. The molecule has 1 amide bonds. The van der Waals surface area contributed by atoms with Crippen LogP contribution in [-0.4, -0.2) is 24.0 Å². The van der Waals surface area contributed by atoms with E-state index in [4.69, 9.17) is 4.74 Å². The van der Waals surface area contributed by atoms with Crippen molar-refractivity contribution in [3.63, 3.8) is 0 Å². The van der Waals surface area contributed by atoms with Gasteiger partial charge in [0.05, 0.1) is 5.56 Å². The maximum atomic E-state index is 12.9. The van der Waals surface area contributed by atoms with Crippen molar-refractivity contribution in [3.05, 3.63) is 71.5 Å². The van der Waals surface area contributed by atoms with Gasteiger partial charge in [0.2, 0.25) is 0 Å². The summed E-state index contributed by atoms with van der Waals surface area (Å²) in [7, 11) is 0. The van der Waals surface area contributed by atoms with Gasteiger partial charge in [0.25, 0.3) is 5.91 Å². The molecular formula is C20H22FNO3. The Morgan fingerprint density at radius 3 is 2.32 bits per heavy atom. The van der Waals surface area contributed by atoms with Crippen molar-refractivity contribution >= 4 is 11.9 Å². The number of rotatable bonds is 7. The highest BCUT2D eigenvalue weighted by Crippen LogP contribution is 2.08. The summed E-state index contributed by atoms with van der Waals surface area (Å²) >= 11 is 0. The van der Waals surface area contributed by atoms with Crippen LogP contribution in [0.4, 0.5) is 4.39 Å². The van der Waals surface area contributed by atoms with Crippen molar-refractivity contribution < 1.29 is 18.7 Å². The number of nitrogens with one attached hydrogen (secondary N) is 1. The van der Waals surface area contributed by atoms with Gasteiger partial charge in [-0.1, -0.05) is 30.3 Å². The van der Waals surface area contributed by atoms with Gasteiger partial charge in [-0.3, -0.25) is 4.79 Å². The van der Waals surface area contributed by atoms with Gasteiger partial charge in [-0.25, -0.2) is 9.18 Å². The molecule has 0 aliphatic rings. The van der Waals surface area contributed by atoms with Crippen molar-refractivity contribution in [2.24, 2.45) is 0 Å². The number of ether oxygens (including phenoxy) is 1. The van der Waals surface area contributed by atoms with E-state index < -0.39 is 17.9 Å². The third-order valence-electron chi connectivity index (χ3n) is 3.83. The first-order chi connectivity index (χ1) is 12.0. The van der Waals surface area contributed by atoms with Crippen LogP contribution in [0.25, 0.3) is 0 Å². The second-order valence-corrected chi connectivity index (χ2v) is 5.99. The monoisotopic (exact) mass is 343 g/mol. The third-order valence-corrected chi connectivity index (χ3v) is 3.83. The smallest absolute Gasteiger partial charge is 0.338 e. The standard InChI is InChI=1S/C20H22FNO3/c1-14(8-9-16-6-4-3-5-7-16)22-19(23)15(2)25-20(24)17-10-12-18(21)13-11-17/h3-7,10-15H,8-9H2,1-2H3,(H,22,23)/t14-,15-/m1/s1. The van der Waals surface area contributed by atoms with E-state index in [1.54, 1.807) is 0 Å². The highest BCUT2D eigenvalue weighted by molar-refractivity contribution is 5.92. The van der Waals surface area contributed by atoms with Crippen LogP contribution in [-0.2, 0) is 16.0 Å². The molecule has 0 heterocycles. The van der Waals surface area contributed by atoms with Crippen LogP contribution in [0.5, 0.6) is 0 Å². The number of hydrogen-bond acceptors (Lipinski definition) is 3. The molecule has 132 valence electrons. The molecule has 4 nitrogen and oxygen atoms in total. The minimum Gasteiger partial charge on any atom is -0.449 e. The molecule has 0 radical (unpaired) electrons. The third kappa shape index (κ3) is 6.03. The van der Waals surface area contributed by atoms with Crippen LogP contribution >= 0.6 is 0 Å². The van der Waals surface area contributed by atoms with Crippen molar-refractivity contribution in [1.82, 2.24) is 5.32 Å². The van der Waals surface area contributed by atoms with Gasteiger partial charge in [0.15, 0.2) is 6.10 Å². The molecule has 0 bridgehead atoms. The quantitative estimate of drug-likeness (QED) is 0.783. The van der Waals surface area contributed by atoms with Crippen LogP contribution in [0.1, 0.15) is 36.2 Å². The Bertz CT molecular complexity index is 701. The van der Waals surface area contributed by atoms with Crippen LogP contribution in [0.2, 0.25) is 0 Å². The maximum Gasteiger partial charge on any atom is 0.338 e. The highest BCUT2D eigenvalue weighted by Gasteiger charge is 2.20. The molecular weight excluding hydrogens is 321 g/mol. The Hall–Kier alpha value is -2.69. The lowest BCUT2D eigenvalue weighted by atomic mass is 10.1. The van der Waals surface area contributed by atoms with E-state index in [0.29, 0.717) is 0 Å². The van der Waals surface area contributed by atoms with Crippen LogP contribution in [0.15, 0.2) is 54.6 Å². The Kier molecular flexibility index (Phi) is 6.69. The zero-order chi connectivity index (χ0) is 18.2. The van der Waals surface area contributed by atoms with E-state index in [0.717, 1.165) is 12.8 Å². The first-order valence-electron chi connectivity index (χ1n) is 8.26. The fourth-order valence-electron chi connectivity index (χ4n) is 2.33. The predicted molar refractivity (Wildman–Crippen MR) is 93.6 cm³/mol. The van der Waals surface area contributed by atoms with Gasteiger partial charge in [-0.15, -0.1) is 0 Å². The number of benzene rings is 2. The zero-order valence-corrected chi connectivity index (χ0v) is 14.4. The fourth-order valence-corrected chi connectivity index (χ4v) is 2.33. The molecule has 2 atom stereocenters. The number of amides is 1. The maximum absolute atomic E-state index is 12.9. The molecule has 1 N–H and O–H groups in total. The molecule has 2 rings (SSSR count). The molecule has 0 aromatic heterocycles. The largest absolute Gasteiger partial charge is 0.449 e. The van der Waals surface area contributed by atoms with E-state index in [1.165, 1.54) is 36.8 Å². The van der Waals surface area contributed by atoms with Crippen LogP contribution < -0.4 is 5.32 Å². The molecule has 2 aromatic rings. The molecule has 0 fully saturated rings. The Balaban J connectivity index is 1.79. The molecule has 25 heavy (non-hydrogen) atoms. The fraction of sp³-hybridized carbons (Fsp3) is 0.300. The molecule has 0 unspecified atom stereocenters. The number of carbonyl (C=O) groups excluding carboxylic acids is 2. The SMILES string of the molecule is C[C@H](CCc1ccccc1)NC(=O)[C@@H](C)OC(=O)c1ccc(F)cc1. The van der Waals surface area contributed by atoms with E-state index in [2.05, 4.69) is 5.32 Å².